The predicted molar refractivity (Wildman–Crippen MR) is 145 cm³/mol. The van der Waals surface area contributed by atoms with Crippen LogP contribution in [-0.2, 0) is 11.8 Å². The van der Waals surface area contributed by atoms with E-state index in [0.717, 1.165) is 50.7 Å². The van der Waals surface area contributed by atoms with Gasteiger partial charge in [-0.2, -0.15) is 8.78 Å². The lowest BCUT2D eigenvalue weighted by atomic mass is 9.78. The third-order valence-corrected chi connectivity index (χ3v) is 8.02. The number of allylic oxidation sites excluding steroid dienone is 2. The van der Waals surface area contributed by atoms with Gasteiger partial charge in [-0.3, -0.25) is 0 Å². The number of benzene rings is 3. The molecule has 0 aliphatic heterocycles. The second-order valence-electron chi connectivity index (χ2n) is 10.6. The number of halogens is 9. The molecular weight excluding hydrogens is 572 g/mol. The van der Waals surface area contributed by atoms with Crippen molar-refractivity contribution >= 4 is 11.6 Å². The van der Waals surface area contributed by atoms with Crippen LogP contribution in [0, 0.1) is 46.7 Å². The van der Waals surface area contributed by atoms with E-state index < -0.39 is 68.1 Å². The fourth-order valence-electron chi connectivity index (χ4n) is 5.71. The highest BCUT2D eigenvalue weighted by molar-refractivity contribution is 6.21. The van der Waals surface area contributed by atoms with Gasteiger partial charge in [0.15, 0.2) is 0 Å². The quantitative estimate of drug-likeness (QED) is 0.130. The number of aryl methyl sites for hydroxylation is 1. The average molecular weight is 601 g/mol. The van der Waals surface area contributed by atoms with Crippen LogP contribution in [0.1, 0.15) is 63.0 Å². The second-order valence-corrected chi connectivity index (χ2v) is 11.1. The van der Waals surface area contributed by atoms with E-state index in [2.05, 4.69) is 12.2 Å². The number of hydrogen-bond donors (Lipinski definition) is 0. The van der Waals surface area contributed by atoms with Gasteiger partial charge in [0, 0.05) is 0 Å². The van der Waals surface area contributed by atoms with Gasteiger partial charge in [-0.05, 0) is 109 Å². The summed E-state index contributed by atoms with van der Waals surface area (Å²) in [6, 6.07) is 4.13. The fraction of sp³-hybridized carbons (Fsp3) is 0.375. The third kappa shape index (κ3) is 7.32. The van der Waals surface area contributed by atoms with Crippen LogP contribution in [0.3, 0.4) is 0 Å². The molecule has 0 heterocycles. The van der Waals surface area contributed by atoms with Gasteiger partial charge >= 0.3 is 5.38 Å². The van der Waals surface area contributed by atoms with Crippen LogP contribution in [0.5, 0.6) is 0 Å². The Balaban J connectivity index is 1.50. The first kappa shape index (κ1) is 31.1. The van der Waals surface area contributed by atoms with Crippen LogP contribution in [0.15, 0.2) is 48.6 Å². The molecule has 0 spiro atoms. The first-order valence-corrected chi connectivity index (χ1v) is 13.9. The Hall–Kier alpha value is -2.87. The molecule has 0 unspecified atom stereocenters. The normalized spacial score (nSPS) is 17.9. The Morgan fingerprint density at radius 2 is 1.10 bits per heavy atom. The van der Waals surface area contributed by atoms with E-state index in [0.29, 0.717) is 48.1 Å². The van der Waals surface area contributed by atoms with Crippen molar-refractivity contribution in [1.82, 2.24) is 0 Å². The average Bonchev–Trinajstić information content (AvgIpc) is 2.86. The molecular formula is C32H29ClF8. The van der Waals surface area contributed by atoms with Crippen LogP contribution in [0.2, 0.25) is 0 Å². The Kier molecular flexibility index (Phi) is 9.83. The van der Waals surface area contributed by atoms with Gasteiger partial charge in [0.2, 0.25) is 0 Å². The molecule has 1 fully saturated rings. The maximum atomic E-state index is 15.0. The van der Waals surface area contributed by atoms with E-state index in [1.165, 1.54) is 6.42 Å². The predicted octanol–water partition coefficient (Wildman–Crippen LogP) is 11.2. The molecule has 4 rings (SSSR count). The lowest BCUT2D eigenvalue weighted by molar-refractivity contribution is 0.0859. The summed E-state index contributed by atoms with van der Waals surface area (Å²) < 4.78 is 115. The Bertz CT molecular complexity index is 1350. The zero-order valence-corrected chi connectivity index (χ0v) is 23.1. The lowest BCUT2D eigenvalue weighted by Gasteiger charge is -2.28. The number of alkyl halides is 3. The minimum Gasteiger partial charge on any atom is -0.206 e. The number of rotatable bonds is 9. The van der Waals surface area contributed by atoms with Crippen LogP contribution in [0.25, 0.3) is 22.3 Å². The molecule has 0 radical (unpaired) electrons. The van der Waals surface area contributed by atoms with E-state index in [4.69, 9.17) is 11.6 Å². The van der Waals surface area contributed by atoms with E-state index >= 15 is 8.78 Å². The van der Waals surface area contributed by atoms with E-state index in [1.807, 2.05) is 6.92 Å². The standard InChI is InChI=1S/C32H29ClF8/c1-2-3-4-5-18-6-8-19(9-7-18)10-11-20-12-23(34)29(24(35)13-20)21-14-25(36)30(26(37)15-21)22-16-27(38)31(28(39)17-22)32(33,40)41/h2-3,12-19H,4-11H2,1H3. The smallest absolute Gasteiger partial charge is 0.206 e. The minimum absolute atomic E-state index is 0.308. The molecule has 0 bridgehead atoms. The number of hydrogen-bond acceptors (Lipinski definition) is 0. The molecule has 0 aromatic heterocycles. The van der Waals surface area contributed by atoms with Crippen molar-refractivity contribution in [3.8, 4) is 22.3 Å². The first-order chi connectivity index (χ1) is 19.4. The van der Waals surface area contributed by atoms with Crippen molar-refractivity contribution in [2.24, 2.45) is 11.8 Å². The fourth-order valence-corrected chi connectivity index (χ4v) is 5.89. The molecule has 41 heavy (non-hydrogen) atoms. The molecule has 0 nitrogen and oxygen atoms in total. The summed E-state index contributed by atoms with van der Waals surface area (Å²) in [5.41, 5.74) is -4.14. The van der Waals surface area contributed by atoms with Crippen LogP contribution < -0.4 is 0 Å². The van der Waals surface area contributed by atoms with E-state index in [1.54, 1.807) is 0 Å². The van der Waals surface area contributed by atoms with Gasteiger partial charge in [-0.1, -0.05) is 37.8 Å². The highest BCUT2D eigenvalue weighted by Gasteiger charge is 2.36. The van der Waals surface area contributed by atoms with Gasteiger partial charge in [-0.25, -0.2) is 26.3 Å². The van der Waals surface area contributed by atoms with Crippen molar-refractivity contribution in [3.05, 3.63) is 94.6 Å². The molecule has 0 saturated heterocycles. The van der Waals surface area contributed by atoms with Crippen molar-refractivity contribution in [1.29, 1.82) is 0 Å². The zero-order chi connectivity index (χ0) is 29.9. The van der Waals surface area contributed by atoms with Gasteiger partial charge in [0.25, 0.3) is 0 Å². The Morgan fingerprint density at radius 1 is 0.683 bits per heavy atom. The molecule has 1 aliphatic rings. The summed E-state index contributed by atoms with van der Waals surface area (Å²) in [4.78, 5) is 0. The monoisotopic (exact) mass is 600 g/mol. The summed E-state index contributed by atoms with van der Waals surface area (Å²) in [5, 5.41) is -4.39. The molecule has 3 aromatic rings. The molecule has 220 valence electrons. The maximum absolute atomic E-state index is 15.0. The largest absolute Gasteiger partial charge is 0.353 e. The molecule has 1 aliphatic carbocycles. The van der Waals surface area contributed by atoms with Gasteiger partial charge in [0.1, 0.15) is 40.5 Å². The summed E-state index contributed by atoms with van der Waals surface area (Å²) in [5.74, 6) is -7.26. The van der Waals surface area contributed by atoms with Gasteiger partial charge in [-0.15, -0.1) is 0 Å². The van der Waals surface area contributed by atoms with Crippen LogP contribution in [-0.4, -0.2) is 0 Å². The van der Waals surface area contributed by atoms with E-state index in [-0.39, 0.29) is 0 Å². The van der Waals surface area contributed by atoms with Crippen LogP contribution in [0.4, 0.5) is 35.1 Å². The summed E-state index contributed by atoms with van der Waals surface area (Å²) in [7, 11) is 0. The van der Waals surface area contributed by atoms with Crippen molar-refractivity contribution in [3.63, 3.8) is 0 Å². The summed E-state index contributed by atoms with van der Waals surface area (Å²) >= 11 is 4.71. The summed E-state index contributed by atoms with van der Waals surface area (Å²) in [6.07, 6.45) is 12.1. The molecule has 1 saturated carbocycles. The van der Waals surface area contributed by atoms with Crippen molar-refractivity contribution in [2.45, 2.75) is 63.7 Å². The Morgan fingerprint density at radius 3 is 1.54 bits per heavy atom. The highest BCUT2D eigenvalue weighted by Crippen LogP contribution is 2.40. The summed E-state index contributed by atoms with van der Waals surface area (Å²) in [6.45, 7) is 2.01. The van der Waals surface area contributed by atoms with Gasteiger partial charge in [0.05, 0.1) is 11.1 Å². The zero-order valence-electron chi connectivity index (χ0n) is 22.3. The molecule has 0 N–H and O–H groups in total. The van der Waals surface area contributed by atoms with E-state index in [9.17, 15) is 26.3 Å². The molecule has 0 atom stereocenters. The van der Waals surface area contributed by atoms with Crippen molar-refractivity contribution in [2.75, 3.05) is 0 Å². The highest BCUT2D eigenvalue weighted by atomic mass is 35.5. The minimum atomic E-state index is -4.39. The second kappa shape index (κ2) is 13.0. The third-order valence-electron chi connectivity index (χ3n) is 7.83. The topological polar surface area (TPSA) is 0 Å². The lowest BCUT2D eigenvalue weighted by Crippen LogP contribution is -2.15. The SMILES string of the molecule is CC=CCCC1CCC(CCc2cc(F)c(-c3cc(F)c(-c4cc(F)c(C(F)(F)Cl)c(F)c4)c(F)c3)c(F)c2)CC1. The Labute approximate surface area is 239 Å². The molecule has 3 aromatic carbocycles. The maximum Gasteiger partial charge on any atom is 0.353 e. The molecule has 0 amide bonds. The van der Waals surface area contributed by atoms with Crippen molar-refractivity contribution < 1.29 is 35.1 Å². The molecule has 9 heteroatoms. The van der Waals surface area contributed by atoms with Crippen LogP contribution >= 0.6 is 11.6 Å². The van der Waals surface area contributed by atoms with Gasteiger partial charge < -0.3 is 0 Å². The first-order valence-electron chi connectivity index (χ1n) is 13.5.